The largest absolute Gasteiger partial charge is 0.330 e. The lowest BCUT2D eigenvalue weighted by Gasteiger charge is -2.13. The van der Waals surface area contributed by atoms with Gasteiger partial charge in [-0.2, -0.15) is 0 Å². The second kappa shape index (κ2) is 15.8. The molecule has 2 aromatic carbocycles. The van der Waals surface area contributed by atoms with Crippen LogP contribution in [0.1, 0.15) is 75.3 Å². The Bertz CT molecular complexity index is 620. The summed E-state index contributed by atoms with van der Waals surface area (Å²) in [5.41, 5.74) is 8.16. The third-order valence-electron chi connectivity index (χ3n) is 5.48. The van der Waals surface area contributed by atoms with Crippen molar-refractivity contribution in [2.75, 3.05) is 6.54 Å². The minimum absolute atomic E-state index is 0.729. The first-order valence-electron chi connectivity index (χ1n) is 11.5. The molecule has 0 saturated carbocycles. The van der Waals surface area contributed by atoms with E-state index in [2.05, 4.69) is 85.0 Å². The van der Waals surface area contributed by atoms with Crippen molar-refractivity contribution in [3.8, 4) is 0 Å². The zero-order chi connectivity index (χ0) is 20.4. The zero-order valence-corrected chi connectivity index (χ0v) is 18.0. The van der Waals surface area contributed by atoms with E-state index in [0.717, 1.165) is 25.3 Å². The summed E-state index contributed by atoms with van der Waals surface area (Å²) in [7, 11) is 0. The number of benzene rings is 2. The second-order valence-electron chi connectivity index (χ2n) is 8.02. The van der Waals surface area contributed by atoms with Crippen LogP contribution in [0.5, 0.6) is 0 Å². The molecule has 2 aromatic rings. The molecule has 29 heavy (non-hydrogen) atoms. The smallest absolute Gasteiger partial charge is 0.00773 e. The van der Waals surface area contributed by atoms with Crippen LogP contribution in [0, 0.1) is 5.92 Å². The minimum Gasteiger partial charge on any atom is -0.330 e. The highest BCUT2D eigenvalue weighted by Crippen LogP contribution is 2.21. The van der Waals surface area contributed by atoms with Crippen LogP contribution in [-0.2, 0) is 0 Å². The van der Waals surface area contributed by atoms with Crippen LogP contribution in [0.3, 0.4) is 0 Å². The first kappa shape index (κ1) is 23.2. The van der Waals surface area contributed by atoms with Crippen molar-refractivity contribution in [1.82, 2.24) is 0 Å². The van der Waals surface area contributed by atoms with Crippen LogP contribution in [-0.4, -0.2) is 6.54 Å². The summed E-state index contributed by atoms with van der Waals surface area (Å²) in [6.07, 6.45) is 22.2. The number of nitrogens with two attached hydrogens (primary N) is 1. The van der Waals surface area contributed by atoms with Crippen molar-refractivity contribution < 1.29 is 0 Å². The zero-order valence-electron chi connectivity index (χ0n) is 18.0. The lowest BCUT2D eigenvalue weighted by Crippen LogP contribution is -1.98. The van der Waals surface area contributed by atoms with Gasteiger partial charge >= 0.3 is 0 Å². The molecule has 1 heteroatoms. The van der Waals surface area contributed by atoms with Crippen molar-refractivity contribution in [2.45, 2.75) is 64.2 Å². The van der Waals surface area contributed by atoms with E-state index in [-0.39, 0.29) is 0 Å². The van der Waals surface area contributed by atoms with Gasteiger partial charge in [-0.05, 0) is 49.3 Å². The standard InChI is InChI=1S/C28H39N/c29-25-13-5-3-1-2-4-8-16-28(23-14-21-26-17-9-6-10-18-26)24-15-22-27-19-11-7-12-20-27/h6-7,9-12,14-15,17-22,28H,1-5,8,13,16,23-25,29H2. The Labute approximate surface area is 178 Å². The SMILES string of the molecule is NCCCCCCCCCC(CC=Cc1ccccc1)CC=Cc1ccccc1. The Morgan fingerprint density at radius 2 is 1.03 bits per heavy atom. The maximum absolute atomic E-state index is 5.57. The van der Waals surface area contributed by atoms with E-state index >= 15 is 0 Å². The van der Waals surface area contributed by atoms with Crippen molar-refractivity contribution in [2.24, 2.45) is 11.7 Å². The van der Waals surface area contributed by atoms with Gasteiger partial charge in [-0.25, -0.2) is 0 Å². The topological polar surface area (TPSA) is 26.0 Å². The maximum atomic E-state index is 5.57. The Morgan fingerprint density at radius 3 is 1.52 bits per heavy atom. The highest BCUT2D eigenvalue weighted by molar-refractivity contribution is 5.49. The molecular formula is C28H39N. The fourth-order valence-corrected chi connectivity index (χ4v) is 3.71. The molecule has 156 valence electrons. The number of hydrogen-bond acceptors (Lipinski definition) is 1. The van der Waals surface area contributed by atoms with Gasteiger partial charge < -0.3 is 5.73 Å². The molecule has 0 aliphatic carbocycles. The van der Waals surface area contributed by atoms with Crippen molar-refractivity contribution in [1.29, 1.82) is 0 Å². The van der Waals surface area contributed by atoms with Crippen LogP contribution in [0.25, 0.3) is 12.2 Å². The summed E-state index contributed by atoms with van der Waals surface area (Å²) >= 11 is 0. The van der Waals surface area contributed by atoms with Gasteiger partial charge in [0.05, 0.1) is 0 Å². The normalized spacial score (nSPS) is 12.7. The van der Waals surface area contributed by atoms with E-state index in [9.17, 15) is 0 Å². The minimum atomic E-state index is 0.729. The molecule has 0 bridgehead atoms. The van der Waals surface area contributed by atoms with Gasteiger partial charge in [-0.15, -0.1) is 0 Å². The molecule has 0 saturated heterocycles. The average Bonchev–Trinajstić information content (AvgIpc) is 2.76. The van der Waals surface area contributed by atoms with Gasteiger partial charge in [-0.1, -0.05) is 123 Å². The molecule has 0 atom stereocenters. The highest BCUT2D eigenvalue weighted by atomic mass is 14.5. The van der Waals surface area contributed by atoms with Gasteiger partial charge in [0.1, 0.15) is 0 Å². The van der Waals surface area contributed by atoms with E-state index in [1.165, 1.54) is 62.5 Å². The molecule has 0 unspecified atom stereocenters. The fraction of sp³-hybridized carbons (Fsp3) is 0.429. The summed E-state index contributed by atoms with van der Waals surface area (Å²) in [5.74, 6) is 0.729. The van der Waals surface area contributed by atoms with Crippen LogP contribution >= 0.6 is 0 Å². The first-order valence-corrected chi connectivity index (χ1v) is 11.5. The molecule has 0 heterocycles. The quantitative estimate of drug-likeness (QED) is 0.308. The highest BCUT2D eigenvalue weighted by Gasteiger charge is 2.05. The Morgan fingerprint density at radius 1 is 0.586 bits per heavy atom. The fourth-order valence-electron chi connectivity index (χ4n) is 3.71. The molecule has 0 aliphatic rings. The summed E-state index contributed by atoms with van der Waals surface area (Å²) in [6, 6.07) is 21.3. The van der Waals surface area contributed by atoms with Gasteiger partial charge in [0.25, 0.3) is 0 Å². The molecule has 2 rings (SSSR count). The van der Waals surface area contributed by atoms with E-state index in [1.54, 1.807) is 0 Å². The maximum Gasteiger partial charge on any atom is -0.00773 e. The second-order valence-corrected chi connectivity index (χ2v) is 8.02. The molecule has 2 N–H and O–H groups in total. The Kier molecular flexibility index (Phi) is 12.6. The summed E-state index contributed by atoms with van der Waals surface area (Å²) in [4.78, 5) is 0. The van der Waals surface area contributed by atoms with E-state index < -0.39 is 0 Å². The van der Waals surface area contributed by atoms with E-state index in [1.807, 2.05) is 0 Å². The number of rotatable bonds is 15. The van der Waals surface area contributed by atoms with Crippen LogP contribution in [0.4, 0.5) is 0 Å². The number of allylic oxidation sites excluding steroid dienone is 2. The van der Waals surface area contributed by atoms with Crippen LogP contribution in [0.2, 0.25) is 0 Å². The van der Waals surface area contributed by atoms with E-state index in [0.29, 0.717) is 0 Å². The van der Waals surface area contributed by atoms with Gasteiger partial charge in [0.2, 0.25) is 0 Å². The third-order valence-corrected chi connectivity index (χ3v) is 5.48. The summed E-state index contributed by atoms with van der Waals surface area (Å²) in [6.45, 7) is 0.842. The Hall–Kier alpha value is -2.12. The van der Waals surface area contributed by atoms with Crippen molar-refractivity contribution >= 4 is 12.2 Å². The summed E-state index contributed by atoms with van der Waals surface area (Å²) < 4.78 is 0. The molecule has 0 fully saturated rings. The van der Waals surface area contributed by atoms with Crippen molar-refractivity contribution in [3.63, 3.8) is 0 Å². The Balaban J connectivity index is 1.75. The predicted octanol–water partition coefficient (Wildman–Crippen LogP) is 7.89. The van der Waals surface area contributed by atoms with Gasteiger partial charge in [-0.3, -0.25) is 0 Å². The molecular weight excluding hydrogens is 350 g/mol. The number of unbranched alkanes of at least 4 members (excludes halogenated alkanes) is 6. The number of hydrogen-bond donors (Lipinski definition) is 1. The van der Waals surface area contributed by atoms with Gasteiger partial charge in [0.15, 0.2) is 0 Å². The van der Waals surface area contributed by atoms with Crippen LogP contribution < -0.4 is 5.73 Å². The lowest BCUT2D eigenvalue weighted by atomic mass is 9.93. The molecule has 0 aromatic heterocycles. The molecule has 0 amide bonds. The summed E-state index contributed by atoms with van der Waals surface area (Å²) in [5, 5.41) is 0. The van der Waals surface area contributed by atoms with Crippen molar-refractivity contribution in [3.05, 3.63) is 83.9 Å². The van der Waals surface area contributed by atoms with Gasteiger partial charge in [0, 0.05) is 0 Å². The predicted molar refractivity (Wildman–Crippen MR) is 130 cm³/mol. The van der Waals surface area contributed by atoms with Crippen LogP contribution in [0.15, 0.2) is 72.8 Å². The first-order chi connectivity index (χ1) is 14.4. The monoisotopic (exact) mass is 389 g/mol. The molecule has 0 aliphatic heterocycles. The molecule has 0 radical (unpaired) electrons. The molecule has 1 nitrogen and oxygen atoms in total. The molecule has 0 spiro atoms. The third kappa shape index (κ3) is 11.5. The lowest BCUT2D eigenvalue weighted by molar-refractivity contribution is 0.458. The average molecular weight is 390 g/mol. The van der Waals surface area contributed by atoms with E-state index in [4.69, 9.17) is 5.73 Å².